The molecule has 0 heterocycles. The van der Waals surface area contributed by atoms with Crippen LogP contribution >= 0.6 is 0 Å². The molecular weight excluding hydrogens is 344 g/mol. The van der Waals surface area contributed by atoms with Crippen LogP contribution in [0.3, 0.4) is 0 Å². The van der Waals surface area contributed by atoms with Crippen molar-refractivity contribution < 1.29 is 25.2 Å². The SMILES string of the molecule is CCCCCC1CCC(OC(=O)C2CCC(OC(C)CC)CC2)CC1.O.O. The van der Waals surface area contributed by atoms with Gasteiger partial charge in [-0.3, -0.25) is 4.79 Å². The normalized spacial score (nSPS) is 29.1. The summed E-state index contributed by atoms with van der Waals surface area (Å²) in [7, 11) is 0. The van der Waals surface area contributed by atoms with Crippen LogP contribution in [0.25, 0.3) is 0 Å². The number of ether oxygens (including phenoxy) is 2. The van der Waals surface area contributed by atoms with Crippen molar-refractivity contribution in [2.24, 2.45) is 11.8 Å². The van der Waals surface area contributed by atoms with Crippen LogP contribution in [0.4, 0.5) is 0 Å². The van der Waals surface area contributed by atoms with Crippen LogP contribution in [0.1, 0.15) is 104 Å². The van der Waals surface area contributed by atoms with E-state index in [0.29, 0.717) is 12.2 Å². The molecule has 0 amide bonds. The van der Waals surface area contributed by atoms with Crippen molar-refractivity contribution in [3.05, 3.63) is 0 Å². The predicted molar refractivity (Wildman–Crippen MR) is 110 cm³/mol. The topological polar surface area (TPSA) is 98.5 Å². The van der Waals surface area contributed by atoms with Gasteiger partial charge in [-0.15, -0.1) is 0 Å². The van der Waals surface area contributed by atoms with Crippen LogP contribution < -0.4 is 0 Å². The summed E-state index contributed by atoms with van der Waals surface area (Å²) in [4.78, 5) is 12.5. The maximum atomic E-state index is 12.5. The number of rotatable bonds is 9. The van der Waals surface area contributed by atoms with Gasteiger partial charge in [0, 0.05) is 0 Å². The highest BCUT2D eigenvalue weighted by Crippen LogP contribution is 2.32. The first kappa shape index (κ1) is 26.4. The molecule has 5 heteroatoms. The van der Waals surface area contributed by atoms with E-state index in [1.54, 1.807) is 0 Å². The first-order valence-corrected chi connectivity index (χ1v) is 11.0. The van der Waals surface area contributed by atoms with E-state index >= 15 is 0 Å². The highest BCUT2D eigenvalue weighted by atomic mass is 16.5. The molecule has 2 saturated carbocycles. The van der Waals surface area contributed by atoms with Crippen molar-refractivity contribution in [1.82, 2.24) is 0 Å². The van der Waals surface area contributed by atoms with Crippen molar-refractivity contribution in [2.75, 3.05) is 0 Å². The molecule has 2 aliphatic carbocycles. The Labute approximate surface area is 166 Å². The Morgan fingerprint density at radius 3 is 2.04 bits per heavy atom. The fourth-order valence-corrected chi connectivity index (χ4v) is 4.34. The third kappa shape index (κ3) is 9.40. The number of esters is 1. The highest BCUT2D eigenvalue weighted by Gasteiger charge is 2.31. The number of carbonyl (C=O) groups is 1. The third-order valence-electron chi connectivity index (χ3n) is 6.30. The lowest BCUT2D eigenvalue weighted by molar-refractivity contribution is -0.158. The van der Waals surface area contributed by atoms with E-state index in [1.165, 1.54) is 38.5 Å². The highest BCUT2D eigenvalue weighted by molar-refractivity contribution is 5.72. The van der Waals surface area contributed by atoms with Crippen molar-refractivity contribution in [2.45, 2.75) is 123 Å². The molecule has 1 unspecified atom stereocenters. The van der Waals surface area contributed by atoms with Gasteiger partial charge in [0.2, 0.25) is 0 Å². The molecule has 4 N–H and O–H groups in total. The average molecular weight is 389 g/mol. The summed E-state index contributed by atoms with van der Waals surface area (Å²) in [5.41, 5.74) is 0. The average Bonchev–Trinajstić information content (AvgIpc) is 2.64. The summed E-state index contributed by atoms with van der Waals surface area (Å²) in [6.45, 7) is 6.56. The second kappa shape index (κ2) is 14.4. The predicted octanol–water partition coefficient (Wildman–Crippen LogP) is 4.39. The molecule has 5 nitrogen and oxygen atoms in total. The molecule has 0 aromatic carbocycles. The Kier molecular flexibility index (Phi) is 14.0. The van der Waals surface area contributed by atoms with E-state index in [9.17, 15) is 4.79 Å². The van der Waals surface area contributed by atoms with Crippen LogP contribution in [0, 0.1) is 11.8 Å². The van der Waals surface area contributed by atoms with Crippen molar-refractivity contribution >= 4 is 5.97 Å². The number of carbonyl (C=O) groups excluding carboxylic acids is 1. The molecule has 2 aliphatic rings. The van der Waals surface area contributed by atoms with Crippen LogP contribution in [0.5, 0.6) is 0 Å². The van der Waals surface area contributed by atoms with Crippen molar-refractivity contribution in [3.8, 4) is 0 Å². The van der Waals surface area contributed by atoms with Gasteiger partial charge in [-0.2, -0.15) is 0 Å². The first-order chi connectivity index (χ1) is 12.1. The van der Waals surface area contributed by atoms with Gasteiger partial charge in [-0.1, -0.05) is 39.5 Å². The standard InChI is InChI=1S/C22H40O3.2H2O/c1-4-6-7-8-18-9-13-21(14-10-18)25-22(23)19-11-15-20(16-12-19)24-17(3)5-2;;/h17-21H,4-16H2,1-3H3;2*1H2. The molecule has 0 aromatic rings. The lowest BCUT2D eigenvalue weighted by Crippen LogP contribution is -2.32. The van der Waals surface area contributed by atoms with Gasteiger partial charge in [0.1, 0.15) is 6.10 Å². The smallest absolute Gasteiger partial charge is 0.309 e. The Hall–Kier alpha value is -0.650. The van der Waals surface area contributed by atoms with E-state index in [0.717, 1.165) is 50.9 Å². The maximum absolute atomic E-state index is 12.5. The lowest BCUT2D eigenvalue weighted by Gasteiger charge is -2.32. The fourth-order valence-electron chi connectivity index (χ4n) is 4.34. The van der Waals surface area contributed by atoms with Crippen molar-refractivity contribution in [1.29, 1.82) is 0 Å². The van der Waals surface area contributed by atoms with E-state index in [-0.39, 0.29) is 28.9 Å². The van der Waals surface area contributed by atoms with Gasteiger partial charge in [-0.25, -0.2) is 0 Å². The molecule has 2 fully saturated rings. The van der Waals surface area contributed by atoms with E-state index < -0.39 is 0 Å². The molecule has 0 radical (unpaired) electrons. The summed E-state index contributed by atoms with van der Waals surface area (Å²) in [5.74, 6) is 1.05. The van der Waals surface area contributed by atoms with E-state index in [1.807, 2.05) is 0 Å². The molecule has 2 rings (SSSR count). The van der Waals surface area contributed by atoms with Crippen LogP contribution in [0.15, 0.2) is 0 Å². The number of hydrogen-bond acceptors (Lipinski definition) is 3. The molecule has 1 atom stereocenters. The molecule has 0 spiro atoms. The lowest BCUT2D eigenvalue weighted by atomic mass is 9.83. The maximum Gasteiger partial charge on any atom is 0.309 e. The first-order valence-electron chi connectivity index (χ1n) is 11.0. The number of unbranched alkanes of at least 4 members (excludes halogenated alkanes) is 2. The summed E-state index contributed by atoms with van der Waals surface area (Å²) in [6.07, 6.45) is 15.9. The minimum atomic E-state index is 0. The zero-order chi connectivity index (χ0) is 18.1. The Morgan fingerprint density at radius 1 is 0.889 bits per heavy atom. The van der Waals surface area contributed by atoms with E-state index in [4.69, 9.17) is 9.47 Å². The van der Waals surface area contributed by atoms with E-state index in [2.05, 4.69) is 20.8 Å². The van der Waals surface area contributed by atoms with Crippen LogP contribution in [-0.2, 0) is 14.3 Å². The third-order valence-corrected chi connectivity index (χ3v) is 6.30. The molecule has 0 aromatic heterocycles. The van der Waals surface area contributed by atoms with Gasteiger partial charge in [0.25, 0.3) is 0 Å². The largest absolute Gasteiger partial charge is 0.462 e. The zero-order valence-electron chi connectivity index (χ0n) is 17.8. The molecule has 162 valence electrons. The second-order valence-electron chi connectivity index (χ2n) is 8.40. The Bertz CT molecular complexity index is 371. The minimum absolute atomic E-state index is 0. The van der Waals surface area contributed by atoms with Crippen molar-refractivity contribution in [3.63, 3.8) is 0 Å². The number of hydrogen-bond donors (Lipinski definition) is 0. The summed E-state index contributed by atoms with van der Waals surface area (Å²) < 4.78 is 11.9. The van der Waals surface area contributed by atoms with Gasteiger partial charge in [0.05, 0.1) is 18.1 Å². The second-order valence-corrected chi connectivity index (χ2v) is 8.40. The van der Waals surface area contributed by atoms with Gasteiger partial charge >= 0.3 is 5.97 Å². The molecule has 0 aliphatic heterocycles. The fraction of sp³-hybridized carbons (Fsp3) is 0.955. The molecular formula is C22H44O5. The monoisotopic (exact) mass is 388 g/mol. The summed E-state index contributed by atoms with van der Waals surface area (Å²) in [6, 6.07) is 0. The van der Waals surface area contributed by atoms with Gasteiger partial charge in [0.15, 0.2) is 0 Å². The molecule has 0 saturated heterocycles. The Morgan fingerprint density at radius 2 is 1.48 bits per heavy atom. The summed E-state index contributed by atoms with van der Waals surface area (Å²) >= 11 is 0. The minimum Gasteiger partial charge on any atom is -0.462 e. The van der Waals surface area contributed by atoms with Gasteiger partial charge in [-0.05, 0) is 70.6 Å². The van der Waals surface area contributed by atoms with Gasteiger partial charge < -0.3 is 20.4 Å². The molecule has 0 bridgehead atoms. The van der Waals surface area contributed by atoms with Crippen LogP contribution in [-0.4, -0.2) is 35.2 Å². The molecule has 27 heavy (non-hydrogen) atoms. The summed E-state index contributed by atoms with van der Waals surface area (Å²) in [5, 5.41) is 0. The quantitative estimate of drug-likeness (QED) is 0.432. The Balaban J connectivity index is 0.00000338. The van der Waals surface area contributed by atoms with Crippen LogP contribution in [0.2, 0.25) is 0 Å². The zero-order valence-corrected chi connectivity index (χ0v) is 17.8.